The van der Waals surface area contributed by atoms with E-state index in [0.717, 1.165) is 32.6 Å². The smallest absolute Gasteiger partial charge is 0.226 e. The SMILES string of the molecule is O=C(C1CCS(=O)(=O)C1)N1CCCN(CCCl)CC1. The molecule has 2 aliphatic heterocycles. The number of carbonyl (C=O) groups excluding carboxylic acids is 1. The molecule has 0 saturated carbocycles. The van der Waals surface area contributed by atoms with Crippen LogP contribution in [0.2, 0.25) is 0 Å². The van der Waals surface area contributed by atoms with Gasteiger partial charge < -0.3 is 9.80 Å². The molecule has 7 heteroatoms. The number of amides is 1. The summed E-state index contributed by atoms with van der Waals surface area (Å²) in [6, 6.07) is 0. The minimum atomic E-state index is -2.98. The molecule has 110 valence electrons. The molecule has 0 spiro atoms. The van der Waals surface area contributed by atoms with Crippen molar-refractivity contribution in [3.63, 3.8) is 0 Å². The van der Waals surface area contributed by atoms with Crippen molar-refractivity contribution in [3.05, 3.63) is 0 Å². The van der Waals surface area contributed by atoms with Gasteiger partial charge in [-0.05, 0) is 19.4 Å². The van der Waals surface area contributed by atoms with Crippen molar-refractivity contribution >= 4 is 27.3 Å². The van der Waals surface area contributed by atoms with Crippen LogP contribution in [0, 0.1) is 5.92 Å². The van der Waals surface area contributed by atoms with E-state index < -0.39 is 9.84 Å². The standard InChI is InChI=1S/C12H21ClN2O3S/c13-3-6-14-4-1-5-15(8-7-14)12(16)11-2-9-19(17,18)10-11/h11H,1-10H2. The van der Waals surface area contributed by atoms with E-state index in [2.05, 4.69) is 4.90 Å². The van der Waals surface area contributed by atoms with Crippen LogP contribution in [0.4, 0.5) is 0 Å². The Kier molecular flexibility index (Phi) is 5.09. The number of rotatable bonds is 3. The maximum Gasteiger partial charge on any atom is 0.226 e. The second-order valence-corrected chi connectivity index (χ2v) is 7.92. The molecule has 0 N–H and O–H groups in total. The molecule has 0 aromatic rings. The molecule has 2 saturated heterocycles. The zero-order chi connectivity index (χ0) is 13.9. The van der Waals surface area contributed by atoms with E-state index >= 15 is 0 Å². The first-order valence-corrected chi connectivity index (χ1v) is 9.15. The summed E-state index contributed by atoms with van der Waals surface area (Å²) in [6.45, 7) is 4.05. The molecule has 0 bridgehead atoms. The molecule has 2 heterocycles. The van der Waals surface area contributed by atoms with Crippen LogP contribution in [0.3, 0.4) is 0 Å². The average Bonchev–Trinajstić information content (AvgIpc) is 2.59. The van der Waals surface area contributed by atoms with Gasteiger partial charge in [-0.15, -0.1) is 11.6 Å². The lowest BCUT2D eigenvalue weighted by molar-refractivity contribution is -0.134. The van der Waals surface area contributed by atoms with Crippen molar-refractivity contribution in [1.82, 2.24) is 9.80 Å². The van der Waals surface area contributed by atoms with Gasteiger partial charge in [0.2, 0.25) is 5.91 Å². The third kappa shape index (κ3) is 4.07. The molecular weight excluding hydrogens is 288 g/mol. The molecule has 5 nitrogen and oxygen atoms in total. The fourth-order valence-corrected chi connectivity index (χ4v) is 4.75. The van der Waals surface area contributed by atoms with E-state index in [1.807, 2.05) is 4.90 Å². The molecule has 0 aromatic heterocycles. The van der Waals surface area contributed by atoms with E-state index in [4.69, 9.17) is 11.6 Å². The first kappa shape index (κ1) is 15.1. The Hall–Kier alpha value is -0.330. The first-order chi connectivity index (χ1) is 9.02. The third-order valence-corrected chi connectivity index (χ3v) is 5.82. The molecular formula is C12H21ClN2O3S. The number of nitrogens with zero attached hydrogens (tertiary/aromatic N) is 2. The van der Waals surface area contributed by atoms with Crippen LogP contribution in [0.1, 0.15) is 12.8 Å². The van der Waals surface area contributed by atoms with Gasteiger partial charge in [-0.2, -0.15) is 0 Å². The Morgan fingerprint density at radius 1 is 1.21 bits per heavy atom. The van der Waals surface area contributed by atoms with E-state index in [1.54, 1.807) is 0 Å². The Morgan fingerprint density at radius 2 is 2.00 bits per heavy atom. The molecule has 2 aliphatic rings. The third-order valence-electron chi connectivity index (χ3n) is 3.88. The van der Waals surface area contributed by atoms with Crippen LogP contribution in [0.15, 0.2) is 0 Å². The van der Waals surface area contributed by atoms with Gasteiger partial charge >= 0.3 is 0 Å². The number of halogens is 1. The summed E-state index contributed by atoms with van der Waals surface area (Å²) in [4.78, 5) is 16.4. The minimum Gasteiger partial charge on any atom is -0.341 e. The lowest BCUT2D eigenvalue weighted by atomic mass is 10.1. The zero-order valence-electron chi connectivity index (χ0n) is 11.1. The summed E-state index contributed by atoms with van der Waals surface area (Å²) in [7, 11) is -2.98. The Balaban J connectivity index is 1.90. The van der Waals surface area contributed by atoms with Gasteiger partial charge in [-0.25, -0.2) is 8.42 Å². The Labute approximate surface area is 119 Å². The molecule has 19 heavy (non-hydrogen) atoms. The normalized spacial score (nSPS) is 28.3. The van der Waals surface area contributed by atoms with Crippen molar-refractivity contribution in [2.24, 2.45) is 5.92 Å². The Bertz CT molecular complexity index is 427. The van der Waals surface area contributed by atoms with E-state index in [0.29, 0.717) is 18.8 Å². The minimum absolute atomic E-state index is 0.0220. The fourth-order valence-electron chi connectivity index (χ4n) is 2.78. The summed E-state index contributed by atoms with van der Waals surface area (Å²) in [5.74, 6) is 0.511. The molecule has 1 amide bonds. The topological polar surface area (TPSA) is 57.7 Å². The quantitative estimate of drug-likeness (QED) is 0.699. The van der Waals surface area contributed by atoms with Gasteiger partial charge in [0.25, 0.3) is 0 Å². The van der Waals surface area contributed by atoms with Gasteiger partial charge in [-0.1, -0.05) is 0 Å². The summed E-state index contributed by atoms with van der Waals surface area (Å²) >= 11 is 5.73. The number of alkyl halides is 1. The highest BCUT2D eigenvalue weighted by molar-refractivity contribution is 7.91. The number of hydrogen-bond acceptors (Lipinski definition) is 4. The van der Waals surface area contributed by atoms with Gasteiger partial charge in [0.15, 0.2) is 9.84 Å². The maximum absolute atomic E-state index is 12.3. The van der Waals surface area contributed by atoms with E-state index in [9.17, 15) is 13.2 Å². The van der Waals surface area contributed by atoms with Crippen LogP contribution in [0.25, 0.3) is 0 Å². The van der Waals surface area contributed by atoms with Gasteiger partial charge in [0, 0.05) is 32.1 Å². The van der Waals surface area contributed by atoms with Crippen LogP contribution in [-0.4, -0.2) is 74.2 Å². The lowest BCUT2D eigenvalue weighted by Crippen LogP contribution is -2.39. The highest BCUT2D eigenvalue weighted by atomic mass is 35.5. The van der Waals surface area contributed by atoms with Gasteiger partial charge in [-0.3, -0.25) is 4.79 Å². The second-order valence-electron chi connectivity index (χ2n) is 5.31. The van der Waals surface area contributed by atoms with Gasteiger partial charge in [0.05, 0.1) is 17.4 Å². The lowest BCUT2D eigenvalue weighted by Gasteiger charge is -2.23. The molecule has 0 radical (unpaired) electrons. The van der Waals surface area contributed by atoms with Gasteiger partial charge in [0.1, 0.15) is 0 Å². The molecule has 2 rings (SSSR count). The molecule has 0 aromatic carbocycles. The molecule has 1 atom stereocenters. The van der Waals surface area contributed by atoms with Crippen molar-refractivity contribution in [1.29, 1.82) is 0 Å². The van der Waals surface area contributed by atoms with Crippen LogP contribution in [-0.2, 0) is 14.6 Å². The van der Waals surface area contributed by atoms with Crippen molar-refractivity contribution in [3.8, 4) is 0 Å². The zero-order valence-corrected chi connectivity index (χ0v) is 12.6. The predicted molar refractivity (Wildman–Crippen MR) is 75.1 cm³/mol. The largest absolute Gasteiger partial charge is 0.341 e. The highest BCUT2D eigenvalue weighted by Crippen LogP contribution is 2.21. The van der Waals surface area contributed by atoms with E-state index in [1.165, 1.54) is 0 Å². The number of carbonyl (C=O) groups is 1. The average molecular weight is 309 g/mol. The van der Waals surface area contributed by atoms with Crippen molar-refractivity contribution in [2.75, 3.05) is 50.1 Å². The fraction of sp³-hybridized carbons (Fsp3) is 0.917. The highest BCUT2D eigenvalue weighted by Gasteiger charge is 2.35. The van der Waals surface area contributed by atoms with Crippen molar-refractivity contribution in [2.45, 2.75) is 12.8 Å². The number of sulfone groups is 1. The van der Waals surface area contributed by atoms with E-state index in [-0.39, 0.29) is 23.3 Å². The summed E-state index contributed by atoms with van der Waals surface area (Å²) in [5, 5.41) is 0. The summed E-state index contributed by atoms with van der Waals surface area (Å²) < 4.78 is 22.9. The van der Waals surface area contributed by atoms with Crippen molar-refractivity contribution < 1.29 is 13.2 Å². The first-order valence-electron chi connectivity index (χ1n) is 6.79. The molecule has 1 unspecified atom stereocenters. The molecule has 2 fully saturated rings. The maximum atomic E-state index is 12.3. The summed E-state index contributed by atoms with van der Waals surface area (Å²) in [6.07, 6.45) is 1.42. The van der Waals surface area contributed by atoms with Crippen LogP contribution < -0.4 is 0 Å². The molecule has 0 aliphatic carbocycles. The Morgan fingerprint density at radius 3 is 2.63 bits per heavy atom. The monoisotopic (exact) mass is 308 g/mol. The predicted octanol–water partition coefficient (Wildman–Crippen LogP) is 0.194. The van der Waals surface area contributed by atoms with Crippen LogP contribution in [0.5, 0.6) is 0 Å². The second kappa shape index (κ2) is 6.41. The summed E-state index contributed by atoms with van der Waals surface area (Å²) in [5.41, 5.74) is 0. The van der Waals surface area contributed by atoms with Crippen LogP contribution >= 0.6 is 11.6 Å². The number of hydrogen-bond donors (Lipinski definition) is 0.